The van der Waals surface area contributed by atoms with Crippen LogP contribution in [0.15, 0.2) is 36.0 Å². The van der Waals surface area contributed by atoms with Crippen molar-refractivity contribution in [3.63, 3.8) is 0 Å². The van der Waals surface area contributed by atoms with Gasteiger partial charge >= 0.3 is 0 Å². The summed E-state index contributed by atoms with van der Waals surface area (Å²) in [6.07, 6.45) is 24.4. The molecule has 2 saturated carbocycles. The lowest BCUT2D eigenvalue weighted by Gasteiger charge is -2.46. The van der Waals surface area contributed by atoms with Gasteiger partial charge in [-0.05, 0) is 92.3 Å². The normalized spacial score (nSPS) is 50.5. The molecule has 0 amide bonds. The Kier molecular flexibility index (Phi) is 4.73. The van der Waals surface area contributed by atoms with Gasteiger partial charge in [-0.2, -0.15) is 0 Å². The molecule has 5 aliphatic rings. The zero-order valence-corrected chi connectivity index (χ0v) is 19.6. The third kappa shape index (κ3) is 2.96. The summed E-state index contributed by atoms with van der Waals surface area (Å²) in [5, 5.41) is 0. The summed E-state index contributed by atoms with van der Waals surface area (Å²) in [5.41, 5.74) is 2.60. The van der Waals surface area contributed by atoms with Gasteiger partial charge in [-0.15, -0.1) is 0 Å². The molecule has 2 fully saturated rings. The molecule has 0 aromatic heterocycles. The van der Waals surface area contributed by atoms with Crippen molar-refractivity contribution < 1.29 is 0 Å². The van der Waals surface area contributed by atoms with Gasteiger partial charge in [-0.3, -0.25) is 0 Å². The predicted octanol–water partition coefficient (Wildman–Crippen LogP) is 7.75. The van der Waals surface area contributed by atoms with E-state index in [1.54, 1.807) is 5.57 Å². The Morgan fingerprint density at radius 3 is 2.56 bits per heavy atom. The van der Waals surface area contributed by atoms with E-state index in [2.05, 4.69) is 73.7 Å². The maximum absolute atomic E-state index is 2.70. The van der Waals surface area contributed by atoms with Gasteiger partial charge in [0.2, 0.25) is 0 Å². The number of hydrogen-bond donors (Lipinski definition) is 0. The van der Waals surface area contributed by atoms with Gasteiger partial charge in [0.1, 0.15) is 0 Å². The van der Waals surface area contributed by atoms with Crippen molar-refractivity contribution in [2.75, 3.05) is 0 Å². The van der Waals surface area contributed by atoms with Crippen LogP contribution in [-0.2, 0) is 0 Å². The second-order valence-electron chi connectivity index (χ2n) is 11.2. The first-order chi connectivity index (χ1) is 12.9. The van der Waals surface area contributed by atoms with Gasteiger partial charge in [0.15, 0.2) is 0 Å². The van der Waals surface area contributed by atoms with Crippen LogP contribution in [0.4, 0.5) is 0 Å². The van der Waals surface area contributed by atoms with Crippen molar-refractivity contribution in [1.29, 1.82) is 0 Å². The molecular weight excluding hydrogens is 439 g/mol. The minimum atomic E-state index is 0.337. The molecule has 1 heteroatoms. The molecule has 0 aliphatic heterocycles. The van der Waals surface area contributed by atoms with E-state index in [0.29, 0.717) is 10.8 Å². The Balaban J connectivity index is 1.40. The monoisotopic (exact) mass is 476 g/mol. The van der Waals surface area contributed by atoms with Gasteiger partial charge in [0.25, 0.3) is 0 Å². The minimum absolute atomic E-state index is 0.337. The van der Waals surface area contributed by atoms with Gasteiger partial charge < -0.3 is 0 Å². The lowest BCUT2D eigenvalue weighted by atomic mass is 9.59. The highest BCUT2D eigenvalue weighted by Gasteiger charge is 2.59. The van der Waals surface area contributed by atoms with Gasteiger partial charge in [0, 0.05) is 9.34 Å². The van der Waals surface area contributed by atoms with Crippen LogP contribution in [0.25, 0.3) is 0 Å². The summed E-state index contributed by atoms with van der Waals surface area (Å²) in [6, 6.07) is 0. The fourth-order valence-electron chi connectivity index (χ4n) is 8.04. The van der Waals surface area contributed by atoms with Crippen LogP contribution in [0.5, 0.6) is 0 Å². The van der Waals surface area contributed by atoms with Crippen LogP contribution in [0, 0.1) is 46.3 Å². The molecule has 0 aromatic rings. The molecule has 8 unspecified atom stereocenters. The number of hydrogen-bond acceptors (Lipinski definition) is 0. The van der Waals surface area contributed by atoms with Gasteiger partial charge in [-0.1, -0.05) is 79.3 Å². The van der Waals surface area contributed by atoms with Crippen LogP contribution < -0.4 is 0 Å². The molecule has 0 saturated heterocycles. The maximum atomic E-state index is 2.70. The molecule has 5 rings (SSSR count). The third-order valence-corrected chi connectivity index (χ3v) is 10.6. The maximum Gasteiger partial charge on any atom is 0.0150 e. The van der Waals surface area contributed by atoms with E-state index < -0.39 is 0 Å². The van der Waals surface area contributed by atoms with Crippen LogP contribution in [0.1, 0.15) is 72.1 Å². The summed E-state index contributed by atoms with van der Waals surface area (Å²) < 4.78 is 0.840. The molecular formula is C26H37I. The number of fused-ring (bicyclic) bond motifs is 4. The van der Waals surface area contributed by atoms with Crippen LogP contribution in [0.2, 0.25) is 0 Å². The number of halogens is 1. The smallest absolute Gasteiger partial charge is 0.0150 e. The largest absolute Gasteiger partial charge is 0.0882 e. The molecule has 148 valence electrons. The first-order valence-electron chi connectivity index (χ1n) is 11.6. The summed E-state index contributed by atoms with van der Waals surface area (Å²) in [7, 11) is 0. The van der Waals surface area contributed by atoms with Gasteiger partial charge in [-0.25, -0.2) is 0 Å². The number of allylic oxidation sites excluding steroid dienone is 6. The molecule has 27 heavy (non-hydrogen) atoms. The summed E-state index contributed by atoms with van der Waals surface area (Å²) >= 11 is 2.70. The van der Waals surface area contributed by atoms with Crippen LogP contribution in [-0.4, -0.2) is 3.92 Å². The Bertz CT molecular complexity index is 682. The second kappa shape index (κ2) is 6.74. The van der Waals surface area contributed by atoms with Gasteiger partial charge in [0.05, 0.1) is 0 Å². The highest BCUT2D eigenvalue weighted by atomic mass is 127. The quantitative estimate of drug-likeness (QED) is 0.206. The van der Waals surface area contributed by atoms with E-state index in [-0.39, 0.29) is 0 Å². The SMILES string of the molecule is CC12C=CC(C3CCC4CCC=CC4C3)CC1C(C)(C)C1CC(I)CC=C12. The lowest BCUT2D eigenvalue weighted by molar-refractivity contribution is 0.0827. The highest BCUT2D eigenvalue weighted by molar-refractivity contribution is 14.1. The van der Waals surface area contributed by atoms with Crippen molar-refractivity contribution in [3.8, 4) is 0 Å². The minimum Gasteiger partial charge on any atom is -0.0882 e. The average Bonchev–Trinajstić information content (AvgIpc) is 2.84. The van der Waals surface area contributed by atoms with E-state index in [1.165, 1.54) is 51.4 Å². The van der Waals surface area contributed by atoms with Crippen molar-refractivity contribution >= 4 is 22.6 Å². The molecule has 0 nitrogen and oxygen atoms in total. The highest BCUT2D eigenvalue weighted by Crippen LogP contribution is 2.67. The fourth-order valence-corrected chi connectivity index (χ4v) is 8.81. The second-order valence-corrected chi connectivity index (χ2v) is 13.0. The Hall–Kier alpha value is -0.0500. The molecule has 5 aliphatic carbocycles. The van der Waals surface area contributed by atoms with Crippen molar-refractivity contribution in [2.45, 2.75) is 76.1 Å². The standard InChI is InChI=1S/C26H37I/c1-25(2)23-16-21(27)10-11-22(23)26(3)13-12-20(15-24(25)26)19-9-8-17-6-4-5-7-18(17)14-19/h5,7,11-13,17-21,23-24H,4,6,8-10,14-16H2,1-3H3. The summed E-state index contributed by atoms with van der Waals surface area (Å²) in [6.45, 7) is 7.78. The van der Waals surface area contributed by atoms with Crippen molar-refractivity contribution in [1.82, 2.24) is 0 Å². The van der Waals surface area contributed by atoms with E-state index in [1.807, 2.05) is 0 Å². The van der Waals surface area contributed by atoms with Crippen molar-refractivity contribution in [2.24, 2.45) is 46.3 Å². The zero-order valence-electron chi connectivity index (χ0n) is 17.5. The van der Waals surface area contributed by atoms with E-state index in [0.717, 1.165) is 39.4 Å². The Morgan fingerprint density at radius 2 is 1.70 bits per heavy atom. The molecule has 8 atom stereocenters. The van der Waals surface area contributed by atoms with E-state index >= 15 is 0 Å². The Labute approximate surface area is 180 Å². The fraction of sp³-hybridized carbons (Fsp3) is 0.769. The van der Waals surface area contributed by atoms with Crippen LogP contribution >= 0.6 is 22.6 Å². The summed E-state index contributed by atoms with van der Waals surface area (Å²) in [5.74, 6) is 5.29. The number of alkyl halides is 1. The zero-order chi connectivity index (χ0) is 18.8. The molecule has 0 spiro atoms. The van der Waals surface area contributed by atoms with Crippen molar-refractivity contribution in [3.05, 3.63) is 36.0 Å². The summed E-state index contributed by atoms with van der Waals surface area (Å²) in [4.78, 5) is 0. The average molecular weight is 476 g/mol. The van der Waals surface area contributed by atoms with E-state index in [9.17, 15) is 0 Å². The number of rotatable bonds is 1. The van der Waals surface area contributed by atoms with E-state index in [4.69, 9.17) is 0 Å². The lowest BCUT2D eigenvalue weighted by Crippen LogP contribution is -2.38. The first kappa shape index (κ1) is 18.9. The topological polar surface area (TPSA) is 0 Å². The Morgan fingerprint density at radius 1 is 0.926 bits per heavy atom. The molecule has 0 N–H and O–H groups in total. The first-order valence-corrected chi connectivity index (χ1v) is 12.8. The molecule has 0 bridgehead atoms. The third-order valence-electron chi connectivity index (χ3n) is 9.58. The predicted molar refractivity (Wildman–Crippen MR) is 124 cm³/mol. The molecule has 0 heterocycles. The van der Waals surface area contributed by atoms with Crippen LogP contribution in [0.3, 0.4) is 0 Å². The molecule has 0 radical (unpaired) electrons. The molecule has 0 aromatic carbocycles.